The Morgan fingerprint density at radius 1 is 1.47 bits per heavy atom. The number of hydrogen-bond acceptors (Lipinski definition) is 6. The van der Waals surface area contributed by atoms with Gasteiger partial charge in [0, 0.05) is 18.5 Å². The van der Waals surface area contributed by atoms with Gasteiger partial charge in [-0.05, 0) is 19.1 Å². The molecule has 19 heavy (non-hydrogen) atoms. The van der Waals surface area contributed by atoms with Gasteiger partial charge in [-0.25, -0.2) is 4.79 Å². The summed E-state index contributed by atoms with van der Waals surface area (Å²) in [7, 11) is 0. The molecule has 2 aromatic heterocycles. The van der Waals surface area contributed by atoms with Crippen LogP contribution in [0.4, 0.5) is 5.82 Å². The average molecular weight is 261 g/mol. The van der Waals surface area contributed by atoms with E-state index < -0.39 is 18.5 Å². The van der Waals surface area contributed by atoms with Crippen LogP contribution >= 0.6 is 0 Å². The van der Waals surface area contributed by atoms with Gasteiger partial charge in [0.05, 0.1) is 5.56 Å². The monoisotopic (exact) mass is 261 g/mol. The summed E-state index contributed by atoms with van der Waals surface area (Å²) in [5, 5.41) is 6.02. The Balaban J connectivity index is 1.82. The molecule has 2 rings (SSSR count). The number of carbonyl (C=O) groups is 2. The Kier molecular flexibility index (Phi) is 3.87. The number of ether oxygens (including phenoxy) is 1. The second kappa shape index (κ2) is 5.76. The lowest BCUT2D eigenvalue weighted by Crippen LogP contribution is -2.21. The molecule has 1 N–H and O–H groups in total. The molecule has 0 saturated heterocycles. The van der Waals surface area contributed by atoms with E-state index in [0.717, 1.165) is 0 Å². The number of anilines is 1. The van der Waals surface area contributed by atoms with Crippen LogP contribution in [0.2, 0.25) is 0 Å². The van der Waals surface area contributed by atoms with Crippen molar-refractivity contribution in [2.75, 3.05) is 11.9 Å². The Morgan fingerprint density at radius 3 is 2.95 bits per heavy atom. The maximum atomic E-state index is 11.5. The Hall–Kier alpha value is -2.70. The van der Waals surface area contributed by atoms with Gasteiger partial charge in [0.25, 0.3) is 5.91 Å². The van der Waals surface area contributed by atoms with Gasteiger partial charge in [-0.2, -0.15) is 0 Å². The molecule has 0 aromatic carbocycles. The Morgan fingerprint density at radius 2 is 2.32 bits per heavy atom. The van der Waals surface area contributed by atoms with Crippen LogP contribution in [0.3, 0.4) is 0 Å². The SMILES string of the molecule is Cc1cc(NC(=O)COC(=O)c2cccnc2)no1. The molecule has 2 heterocycles. The van der Waals surface area contributed by atoms with Gasteiger partial charge in [0.1, 0.15) is 5.76 Å². The van der Waals surface area contributed by atoms with Crippen molar-refractivity contribution in [1.82, 2.24) is 10.1 Å². The molecular weight excluding hydrogens is 250 g/mol. The van der Waals surface area contributed by atoms with Crippen molar-refractivity contribution in [3.05, 3.63) is 41.9 Å². The largest absolute Gasteiger partial charge is 0.452 e. The quantitative estimate of drug-likeness (QED) is 0.830. The fourth-order valence-electron chi connectivity index (χ4n) is 1.30. The van der Waals surface area contributed by atoms with Crippen molar-refractivity contribution in [1.29, 1.82) is 0 Å². The zero-order valence-corrected chi connectivity index (χ0v) is 10.1. The topological polar surface area (TPSA) is 94.3 Å². The highest BCUT2D eigenvalue weighted by molar-refractivity contribution is 5.94. The summed E-state index contributed by atoms with van der Waals surface area (Å²) >= 11 is 0. The molecule has 0 saturated carbocycles. The summed E-state index contributed by atoms with van der Waals surface area (Å²) in [4.78, 5) is 26.8. The van der Waals surface area contributed by atoms with Crippen LogP contribution in [0.15, 0.2) is 35.1 Å². The van der Waals surface area contributed by atoms with Gasteiger partial charge in [0.15, 0.2) is 12.4 Å². The van der Waals surface area contributed by atoms with E-state index in [9.17, 15) is 9.59 Å². The number of carbonyl (C=O) groups excluding carboxylic acids is 2. The van der Waals surface area contributed by atoms with Gasteiger partial charge in [-0.15, -0.1) is 0 Å². The van der Waals surface area contributed by atoms with E-state index in [-0.39, 0.29) is 11.4 Å². The minimum Gasteiger partial charge on any atom is -0.452 e. The normalized spacial score (nSPS) is 9.95. The van der Waals surface area contributed by atoms with Crippen molar-refractivity contribution < 1.29 is 18.8 Å². The first-order chi connectivity index (χ1) is 9.15. The molecular formula is C12H11N3O4. The van der Waals surface area contributed by atoms with E-state index in [1.165, 1.54) is 12.4 Å². The molecule has 0 atom stereocenters. The molecule has 0 bridgehead atoms. The zero-order chi connectivity index (χ0) is 13.7. The van der Waals surface area contributed by atoms with Crippen molar-refractivity contribution >= 4 is 17.7 Å². The van der Waals surface area contributed by atoms with E-state index >= 15 is 0 Å². The molecule has 2 aromatic rings. The summed E-state index contributed by atoms with van der Waals surface area (Å²) in [5.41, 5.74) is 0.285. The first kappa shape index (κ1) is 12.7. The van der Waals surface area contributed by atoms with E-state index in [0.29, 0.717) is 5.76 Å². The van der Waals surface area contributed by atoms with Crippen molar-refractivity contribution in [3.8, 4) is 0 Å². The maximum Gasteiger partial charge on any atom is 0.340 e. The highest BCUT2D eigenvalue weighted by Gasteiger charge is 2.11. The van der Waals surface area contributed by atoms with E-state index in [4.69, 9.17) is 9.26 Å². The smallest absolute Gasteiger partial charge is 0.340 e. The fraction of sp³-hybridized carbons (Fsp3) is 0.167. The van der Waals surface area contributed by atoms with E-state index in [1.807, 2.05) is 0 Å². The fourth-order valence-corrected chi connectivity index (χ4v) is 1.30. The molecule has 0 aliphatic rings. The van der Waals surface area contributed by atoms with Crippen LogP contribution < -0.4 is 5.32 Å². The molecule has 7 nitrogen and oxygen atoms in total. The van der Waals surface area contributed by atoms with Gasteiger partial charge < -0.3 is 14.6 Å². The van der Waals surface area contributed by atoms with Crippen LogP contribution in [-0.2, 0) is 9.53 Å². The van der Waals surface area contributed by atoms with Crippen LogP contribution in [0.1, 0.15) is 16.1 Å². The summed E-state index contributed by atoms with van der Waals surface area (Å²) in [5.74, 6) is -0.257. The summed E-state index contributed by atoms with van der Waals surface area (Å²) in [6, 6.07) is 4.71. The minimum absolute atomic E-state index is 0.278. The standard InChI is InChI=1S/C12H11N3O4/c1-8-5-10(15-19-8)14-11(16)7-18-12(17)9-3-2-4-13-6-9/h2-6H,7H2,1H3,(H,14,15,16). The predicted octanol–water partition coefficient (Wildman–Crippen LogP) is 1.17. The van der Waals surface area contributed by atoms with Crippen LogP contribution in [0.5, 0.6) is 0 Å². The van der Waals surface area contributed by atoms with Crippen molar-refractivity contribution in [2.24, 2.45) is 0 Å². The molecule has 98 valence electrons. The number of rotatable bonds is 4. The third-order valence-electron chi connectivity index (χ3n) is 2.13. The lowest BCUT2D eigenvalue weighted by Gasteiger charge is -2.03. The number of hydrogen-bond donors (Lipinski definition) is 1. The van der Waals surface area contributed by atoms with Gasteiger partial charge in [-0.3, -0.25) is 9.78 Å². The lowest BCUT2D eigenvalue weighted by atomic mass is 10.3. The van der Waals surface area contributed by atoms with Crippen LogP contribution in [-0.4, -0.2) is 28.6 Å². The van der Waals surface area contributed by atoms with Crippen molar-refractivity contribution in [2.45, 2.75) is 6.92 Å². The zero-order valence-electron chi connectivity index (χ0n) is 10.1. The maximum absolute atomic E-state index is 11.5. The summed E-state index contributed by atoms with van der Waals surface area (Å²) in [6.45, 7) is 1.30. The third kappa shape index (κ3) is 3.63. The Bertz CT molecular complexity index is 580. The molecule has 0 fully saturated rings. The van der Waals surface area contributed by atoms with E-state index in [2.05, 4.69) is 15.5 Å². The minimum atomic E-state index is -0.611. The lowest BCUT2D eigenvalue weighted by molar-refractivity contribution is -0.119. The number of amides is 1. The average Bonchev–Trinajstić information content (AvgIpc) is 2.82. The number of nitrogens with one attached hydrogen (secondary N) is 1. The van der Waals surface area contributed by atoms with Gasteiger partial charge >= 0.3 is 5.97 Å². The molecule has 0 radical (unpaired) electrons. The predicted molar refractivity (Wildman–Crippen MR) is 64.4 cm³/mol. The van der Waals surface area contributed by atoms with Crippen LogP contribution in [0, 0.1) is 6.92 Å². The second-order valence-electron chi connectivity index (χ2n) is 3.69. The van der Waals surface area contributed by atoms with Crippen LogP contribution in [0.25, 0.3) is 0 Å². The number of aryl methyl sites for hydroxylation is 1. The summed E-state index contributed by atoms with van der Waals surface area (Å²) < 4.78 is 9.60. The number of pyridine rings is 1. The molecule has 1 amide bonds. The van der Waals surface area contributed by atoms with E-state index in [1.54, 1.807) is 25.1 Å². The number of aromatic nitrogens is 2. The molecule has 0 unspecified atom stereocenters. The highest BCUT2D eigenvalue weighted by Crippen LogP contribution is 2.06. The molecule has 0 aliphatic carbocycles. The third-order valence-corrected chi connectivity index (χ3v) is 2.13. The molecule has 7 heteroatoms. The molecule has 0 aliphatic heterocycles. The first-order valence-corrected chi connectivity index (χ1v) is 5.45. The highest BCUT2D eigenvalue weighted by atomic mass is 16.5. The first-order valence-electron chi connectivity index (χ1n) is 5.45. The number of esters is 1. The number of nitrogens with zero attached hydrogens (tertiary/aromatic N) is 2. The summed E-state index contributed by atoms with van der Waals surface area (Å²) in [6.07, 6.45) is 2.90. The Labute approximate surface area is 108 Å². The molecule has 0 spiro atoms. The van der Waals surface area contributed by atoms with Gasteiger partial charge in [0.2, 0.25) is 0 Å². The van der Waals surface area contributed by atoms with Gasteiger partial charge in [-0.1, -0.05) is 5.16 Å². The second-order valence-corrected chi connectivity index (χ2v) is 3.69. The van der Waals surface area contributed by atoms with Crippen molar-refractivity contribution in [3.63, 3.8) is 0 Å².